The molecule has 0 spiro atoms. The van der Waals surface area contributed by atoms with Crippen molar-refractivity contribution in [1.29, 1.82) is 5.26 Å². The number of halogens is 1. The molecule has 2 nitrogen and oxygen atoms in total. The topological polar surface area (TPSA) is 35.8 Å². The minimum absolute atomic E-state index is 0.142. The molecular formula is C11H13ClN2. The van der Waals surface area contributed by atoms with E-state index in [9.17, 15) is 0 Å². The van der Waals surface area contributed by atoms with Gasteiger partial charge < -0.3 is 0 Å². The Hall–Kier alpha value is -1.04. The summed E-state index contributed by atoms with van der Waals surface area (Å²) in [6, 6.07) is 9.78. The molecule has 74 valence electrons. The van der Waals surface area contributed by atoms with E-state index in [2.05, 4.69) is 11.4 Å². The Morgan fingerprint density at radius 3 is 2.71 bits per heavy atom. The van der Waals surface area contributed by atoms with Crippen LogP contribution >= 0.6 is 11.6 Å². The fourth-order valence-corrected chi connectivity index (χ4v) is 1.48. The highest BCUT2D eigenvalue weighted by atomic mass is 35.5. The van der Waals surface area contributed by atoms with Gasteiger partial charge in [0.25, 0.3) is 0 Å². The molecule has 3 heteroatoms. The third-order valence-electron chi connectivity index (χ3n) is 2.04. The Bertz CT molecular complexity index is 343. The molecule has 0 saturated carbocycles. The Morgan fingerprint density at radius 2 is 2.14 bits per heavy atom. The number of nitrogens with zero attached hydrogens (tertiary/aromatic N) is 1. The molecule has 0 amide bonds. The van der Waals surface area contributed by atoms with Gasteiger partial charge in [-0.3, -0.25) is 5.32 Å². The molecule has 0 saturated heterocycles. The average Bonchev–Trinajstić information content (AvgIpc) is 2.17. The maximum atomic E-state index is 8.65. The van der Waals surface area contributed by atoms with E-state index in [4.69, 9.17) is 16.9 Å². The van der Waals surface area contributed by atoms with Crippen LogP contribution in [0, 0.1) is 11.3 Å². The second-order valence-electron chi connectivity index (χ2n) is 3.29. The number of nitriles is 1. The Kier molecular flexibility index (Phi) is 3.94. The van der Waals surface area contributed by atoms with E-state index in [1.807, 2.05) is 38.1 Å². The fraction of sp³-hybridized carbons (Fsp3) is 0.364. The summed E-state index contributed by atoms with van der Waals surface area (Å²) in [6.45, 7) is 3.85. The van der Waals surface area contributed by atoms with Crippen LogP contribution in [0.3, 0.4) is 0 Å². The predicted octanol–water partition coefficient (Wildman–Crippen LogP) is 2.90. The molecule has 0 heterocycles. The molecule has 1 aromatic carbocycles. The largest absolute Gasteiger partial charge is 0.296 e. The van der Waals surface area contributed by atoms with E-state index in [0.29, 0.717) is 0 Å². The summed E-state index contributed by atoms with van der Waals surface area (Å²) >= 11 is 5.87. The van der Waals surface area contributed by atoms with Crippen LogP contribution in [0.4, 0.5) is 0 Å². The molecule has 0 radical (unpaired) electrons. The summed E-state index contributed by atoms with van der Waals surface area (Å²) in [5, 5.41) is 12.5. The minimum atomic E-state index is -0.149. The standard InChI is InChI=1S/C11H13ClN2/c1-8(7-13)14-9(2)10-4-3-5-11(12)6-10/h3-6,8-9,14H,1-2H3/t8?,9-/m0/s1. The van der Waals surface area contributed by atoms with Crippen LogP contribution in [-0.4, -0.2) is 6.04 Å². The average molecular weight is 209 g/mol. The van der Waals surface area contributed by atoms with Gasteiger partial charge in [-0.2, -0.15) is 5.26 Å². The summed E-state index contributed by atoms with van der Waals surface area (Å²) in [5.41, 5.74) is 1.10. The van der Waals surface area contributed by atoms with Crippen LogP contribution in [0.15, 0.2) is 24.3 Å². The first-order chi connectivity index (χ1) is 6.63. The number of hydrogen-bond donors (Lipinski definition) is 1. The highest BCUT2D eigenvalue weighted by Gasteiger charge is 2.08. The molecule has 0 aliphatic rings. The van der Waals surface area contributed by atoms with E-state index < -0.39 is 0 Å². The smallest absolute Gasteiger partial charge is 0.0929 e. The van der Waals surface area contributed by atoms with Gasteiger partial charge >= 0.3 is 0 Å². The quantitative estimate of drug-likeness (QED) is 0.829. The molecule has 0 aliphatic heterocycles. The van der Waals surface area contributed by atoms with E-state index in [0.717, 1.165) is 10.6 Å². The van der Waals surface area contributed by atoms with Gasteiger partial charge in [0.1, 0.15) is 0 Å². The van der Waals surface area contributed by atoms with E-state index >= 15 is 0 Å². The van der Waals surface area contributed by atoms with Crippen LogP contribution in [-0.2, 0) is 0 Å². The van der Waals surface area contributed by atoms with Crippen molar-refractivity contribution >= 4 is 11.6 Å². The van der Waals surface area contributed by atoms with E-state index in [-0.39, 0.29) is 12.1 Å². The molecular weight excluding hydrogens is 196 g/mol. The van der Waals surface area contributed by atoms with Gasteiger partial charge in [0.05, 0.1) is 12.1 Å². The van der Waals surface area contributed by atoms with Gasteiger partial charge in [-0.1, -0.05) is 23.7 Å². The number of hydrogen-bond acceptors (Lipinski definition) is 2. The number of rotatable bonds is 3. The molecule has 2 atom stereocenters. The zero-order valence-corrected chi connectivity index (χ0v) is 9.05. The first-order valence-corrected chi connectivity index (χ1v) is 4.92. The summed E-state index contributed by atoms with van der Waals surface area (Å²) in [7, 11) is 0. The predicted molar refractivity (Wildman–Crippen MR) is 58.1 cm³/mol. The second kappa shape index (κ2) is 4.99. The van der Waals surface area contributed by atoms with Gasteiger partial charge in [-0.25, -0.2) is 0 Å². The first kappa shape index (κ1) is 11.0. The molecule has 1 N–H and O–H groups in total. The Labute approximate surface area is 89.5 Å². The summed E-state index contributed by atoms with van der Waals surface area (Å²) in [5.74, 6) is 0. The maximum absolute atomic E-state index is 8.65. The number of nitrogens with one attached hydrogen (secondary N) is 1. The lowest BCUT2D eigenvalue weighted by Crippen LogP contribution is -2.27. The van der Waals surface area contributed by atoms with E-state index in [1.54, 1.807) is 0 Å². The van der Waals surface area contributed by atoms with Crippen molar-refractivity contribution in [3.8, 4) is 6.07 Å². The SMILES string of the molecule is CC(C#N)N[C@@H](C)c1cccc(Cl)c1. The van der Waals surface area contributed by atoms with Gasteiger partial charge in [-0.15, -0.1) is 0 Å². The van der Waals surface area contributed by atoms with Crippen molar-refractivity contribution in [2.45, 2.75) is 25.9 Å². The van der Waals surface area contributed by atoms with Crippen molar-refractivity contribution in [3.63, 3.8) is 0 Å². The Morgan fingerprint density at radius 1 is 1.43 bits per heavy atom. The zero-order valence-electron chi connectivity index (χ0n) is 8.29. The van der Waals surface area contributed by atoms with Crippen molar-refractivity contribution in [2.24, 2.45) is 0 Å². The highest BCUT2D eigenvalue weighted by molar-refractivity contribution is 6.30. The van der Waals surface area contributed by atoms with Crippen molar-refractivity contribution < 1.29 is 0 Å². The highest BCUT2D eigenvalue weighted by Crippen LogP contribution is 2.17. The minimum Gasteiger partial charge on any atom is -0.296 e. The van der Waals surface area contributed by atoms with Gasteiger partial charge in [0.2, 0.25) is 0 Å². The lowest BCUT2D eigenvalue weighted by atomic mass is 10.1. The monoisotopic (exact) mass is 208 g/mol. The molecule has 0 aliphatic carbocycles. The van der Waals surface area contributed by atoms with E-state index in [1.165, 1.54) is 0 Å². The zero-order chi connectivity index (χ0) is 10.6. The molecule has 1 aromatic rings. The van der Waals surface area contributed by atoms with Crippen molar-refractivity contribution in [1.82, 2.24) is 5.32 Å². The van der Waals surface area contributed by atoms with Crippen LogP contribution in [0.2, 0.25) is 5.02 Å². The molecule has 1 unspecified atom stereocenters. The third-order valence-corrected chi connectivity index (χ3v) is 2.28. The van der Waals surface area contributed by atoms with Crippen molar-refractivity contribution in [2.75, 3.05) is 0 Å². The summed E-state index contributed by atoms with van der Waals surface area (Å²) in [4.78, 5) is 0. The van der Waals surface area contributed by atoms with Crippen LogP contribution in [0.1, 0.15) is 25.5 Å². The second-order valence-corrected chi connectivity index (χ2v) is 3.73. The molecule has 1 rings (SSSR count). The molecule has 0 aromatic heterocycles. The summed E-state index contributed by atoms with van der Waals surface area (Å²) < 4.78 is 0. The van der Waals surface area contributed by atoms with Crippen molar-refractivity contribution in [3.05, 3.63) is 34.9 Å². The molecule has 0 fully saturated rings. The van der Waals surface area contributed by atoms with Crippen LogP contribution < -0.4 is 5.32 Å². The lowest BCUT2D eigenvalue weighted by Gasteiger charge is -2.15. The van der Waals surface area contributed by atoms with Gasteiger partial charge in [-0.05, 0) is 31.5 Å². The molecule has 0 bridgehead atoms. The fourth-order valence-electron chi connectivity index (χ4n) is 1.28. The van der Waals surface area contributed by atoms with Gasteiger partial charge in [0, 0.05) is 11.1 Å². The lowest BCUT2D eigenvalue weighted by molar-refractivity contribution is 0.543. The third kappa shape index (κ3) is 3.02. The summed E-state index contributed by atoms with van der Waals surface area (Å²) in [6.07, 6.45) is 0. The van der Waals surface area contributed by atoms with Crippen LogP contribution in [0.25, 0.3) is 0 Å². The normalized spacial score (nSPS) is 14.4. The van der Waals surface area contributed by atoms with Gasteiger partial charge in [0.15, 0.2) is 0 Å². The number of benzene rings is 1. The van der Waals surface area contributed by atoms with Crippen LogP contribution in [0.5, 0.6) is 0 Å². The first-order valence-electron chi connectivity index (χ1n) is 4.54. The maximum Gasteiger partial charge on any atom is 0.0929 e. The molecule has 14 heavy (non-hydrogen) atoms. The Balaban J connectivity index is 2.70.